The highest BCUT2D eigenvalue weighted by molar-refractivity contribution is 14.2. The smallest absolute Gasteiger partial charge is 0.232 e. The van der Waals surface area contributed by atoms with Crippen LogP contribution in [-0.4, -0.2) is 13.4 Å². The van der Waals surface area contributed by atoms with E-state index in [1.807, 2.05) is 0 Å². The molecule has 1 rings (SSSR count). The van der Waals surface area contributed by atoms with Crippen LogP contribution < -0.4 is 5.73 Å². The van der Waals surface area contributed by atoms with Gasteiger partial charge in [0.15, 0.2) is 11.5 Å². The monoisotopic (exact) mass is 313 g/mol. The lowest BCUT2D eigenvalue weighted by Gasteiger charge is -1.98. The number of hydrogen-bond acceptors (Lipinski definition) is 6. The van der Waals surface area contributed by atoms with Crippen molar-refractivity contribution in [3.8, 4) is 0 Å². The maximum absolute atomic E-state index is 11.0. The van der Waals surface area contributed by atoms with Crippen LogP contribution in [0.15, 0.2) is 22.3 Å². The van der Waals surface area contributed by atoms with Gasteiger partial charge < -0.3 is 5.73 Å². The molecule has 0 fully saturated rings. The van der Waals surface area contributed by atoms with Gasteiger partial charge in [0.05, 0.1) is 26.1 Å². The molecule has 0 atom stereocenters. The largest absolute Gasteiger partial charge is 0.382 e. The lowest BCUT2D eigenvalue weighted by atomic mass is 10.4. The highest BCUT2D eigenvalue weighted by Crippen LogP contribution is 2.25. The molecule has 1 aromatic rings. The number of nitrogen functional groups attached to an aromatic ring is 1. The number of aromatic nitrogens is 1. The molecule has 2 N–H and O–H groups in total. The van der Waals surface area contributed by atoms with Crippen LogP contribution in [0.2, 0.25) is 0 Å². The molecule has 0 aromatic carbocycles. The number of hydrogen-bond donors (Lipinski definition) is 1. The molecular weight excluding hydrogens is 309 g/mol. The second kappa shape index (κ2) is 3.54. The summed E-state index contributed by atoms with van der Waals surface area (Å²) in [6.07, 6.45) is 1.08. The molecule has 1 heterocycles. The summed E-state index contributed by atoms with van der Waals surface area (Å²) in [4.78, 5) is 13.6. The van der Waals surface area contributed by atoms with Crippen molar-refractivity contribution in [1.82, 2.24) is 4.98 Å². The summed E-state index contributed by atoms with van der Waals surface area (Å²) in [5, 5.41) is 2.54. The fourth-order valence-electron chi connectivity index (χ4n) is 0.652. The molecule has 0 saturated carbocycles. The Morgan fingerprint density at radius 2 is 2.15 bits per heavy atom. The Morgan fingerprint density at radius 3 is 2.62 bits per heavy atom. The van der Waals surface area contributed by atoms with Crippen LogP contribution >= 0.6 is 21.2 Å². The molecule has 0 aliphatic rings. The van der Waals surface area contributed by atoms with E-state index in [0.717, 1.165) is 12.3 Å². The van der Waals surface area contributed by atoms with Gasteiger partial charge in [-0.3, -0.25) is 0 Å². The maximum atomic E-state index is 11.0. The first-order valence-corrected chi connectivity index (χ1v) is 7.01. The molecule has 0 aliphatic carbocycles. The maximum Gasteiger partial charge on any atom is 0.232 e. The highest BCUT2D eigenvalue weighted by Gasteiger charge is 2.12. The van der Waals surface area contributed by atoms with E-state index >= 15 is 0 Å². The molecule has 6 nitrogen and oxygen atoms in total. The van der Waals surface area contributed by atoms with Gasteiger partial charge in [-0.1, -0.05) is 0 Å². The number of nitrogens with zero attached hydrogens (tertiary/aromatic N) is 2. The summed E-state index contributed by atoms with van der Waals surface area (Å²) in [6, 6.07) is 1.08. The average Bonchev–Trinajstić information content (AvgIpc) is 2.03. The van der Waals surface area contributed by atoms with Crippen molar-refractivity contribution in [2.75, 3.05) is 5.73 Å². The van der Waals surface area contributed by atoms with Crippen molar-refractivity contribution in [3.05, 3.63) is 17.2 Å². The first-order chi connectivity index (χ1) is 5.95. The summed E-state index contributed by atoms with van der Waals surface area (Å²) in [6.45, 7) is 0. The predicted molar refractivity (Wildman–Crippen MR) is 55.3 cm³/mol. The number of rotatable bonds is 2. The lowest BCUT2D eigenvalue weighted by Crippen LogP contribution is -1.95. The third-order valence-electron chi connectivity index (χ3n) is 1.25. The molecular formula is C5H4IN3O3S. The average molecular weight is 313 g/mol. The van der Waals surface area contributed by atoms with Crippen molar-refractivity contribution in [1.29, 1.82) is 0 Å². The van der Waals surface area contributed by atoms with Gasteiger partial charge in [0, 0.05) is 6.20 Å². The molecule has 0 radical (unpaired) electrons. The molecule has 70 valence electrons. The zero-order valence-electron chi connectivity index (χ0n) is 6.14. The van der Waals surface area contributed by atoms with Crippen molar-refractivity contribution in [2.45, 2.75) is 4.90 Å². The first-order valence-electron chi connectivity index (χ1n) is 2.98. The van der Waals surface area contributed by atoms with E-state index < -0.39 is 7.01 Å². The van der Waals surface area contributed by atoms with E-state index in [1.165, 1.54) is 21.2 Å². The Bertz CT molecular complexity index is 444. The van der Waals surface area contributed by atoms with E-state index in [-0.39, 0.29) is 16.4 Å². The molecule has 0 saturated heterocycles. The molecule has 13 heavy (non-hydrogen) atoms. The number of pyridine rings is 1. The van der Waals surface area contributed by atoms with Gasteiger partial charge in [-0.15, -0.1) is 4.91 Å². The van der Waals surface area contributed by atoms with Crippen LogP contribution in [0.3, 0.4) is 0 Å². The summed E-state index contributed by atoms with van der Waals surface area (Å²) < 4.78 is 21.9. The molecule has 0 aliphatic heterocycles. The SMILES string of the molecule is Nc1ncc(S(=O)(=O)I)cc1N=O. The predicted octanol–water partition coefficient (Wildman–Crippen LogP) is 1.19. The van der Waals surface area contributed by atoms with Crippen molar-refractivity contribution < 1.29 is 8.42 Å². The number of anilines is 1. The summed E-state index contributed by atoms with van der Waals surface area (Å²) >= 11 is 1.23. The van der Waals surface area contributed by atoms with E-state index in [2.05, 4.69) is 10.2 Å². The normalized spacial score (nSPS) is 11.2. The quantitative estimate of drug-likeness (QED) is 0.502. The Balaban J connectivity index is 3.38. The van der Waals surface area contributed by atoms with Gasteiger partial charge in [-0.25, -0.2) is 13.4 Å². The van der Waals surface area contributed by atoms with Crippen molar-refractivity contribution in [3.63, 3.8) is 0 Å². The van der Waals surface area contributed by atoms with Gasteiger partial charge in [0.25, 0.3) is 0 Å². The van der Waals surface area contributed by atoms with Crippen LogP contribution in [0.1, 0.15) is 0 Å². The summed E-state index contributed by atoms with van der Waals surface area (Å²) in [5.74, 6) is -0.0844. The van der Waals surface area contributed by atoms with Crippen LogP contribution in [-0.2, 0) is 7.01 Å². The summed E-state index contributed by atoms with van der Waals surface area (Å²) in [5.41, 5.74) is 5.07. The molecule has 1 aromatic heterocycles. The van der Waals surface area contributed by atoms with Gasteiger partial charge in [-0.05, 0) is 11.2 Å². The fourth-order valence-corrected chi connectivity index (χ4v) is 1.81. The van der Waals surface area contributed by atoms with E-state index in [0.29, 0.717) is 0 Å². The molecule has 0 spiro atoms. The third-order valence-corrected chi connectivity index (χ3v) is 3.56. The summed E-state index contributed by atoms with van der Waals surface area (Å²) in [7, 11) is -3.40. The lowest BCUT2D eigenvalue weighted by molar-refractivity contribution is 0.612. The van der Waals surface area contributed by atoms with Gasteiger partial charge in [0.1, 0.15) is 0 Å². The van der Waals surface area contributed by atoms with Crippen LogP contribution in [0.4, 0.5) is 11.5 Å². The van der Waals surface area contributed by atoms with Crippen molar-refractivity contribution in [2.24, 2.45) is 5.18 Å². The van der Waals surface area contributed by atoms with E-state index in [9.17, 15) is 13.3 Å². The fraction of sp³-hybridized carbons (Fsp3) is 0. The van der Waals surface area contributed by atoms with Crippen LogP contribution in [0.25, 0.3) is 0 Å². The highest BCUT2D eigenvalue weighted by atomic mass is 127. The molecule has 0 amide bonds. The minimum atomic E-state index is -3.40. The standard InChI is InChI=1S/C5H4IN3O3S/c6-13(11,12)3-1-4(9-10)5(7)8-2-3/h1-2H,(H2,7,8). The Kier molecular flexibility index (Phi) is 2.81. The minimum Gasteiger partial charge on any atom is -0.382 e. The Hall–Kier alpha value is -0.770. The number of halogens is 1. The Morgan fingerprint density at radius 1 is 1.54 bits per heavy atom. The number of nitroso groups, excluding NO2 is 1. The number of nitrogens with two attached hydrogens (primary N) is 1. The van der Waals surface area contributed by atoms with Gasteiger partial charge in [-0.2, -0.15) is 0 Å². The molecule has 0 unspecified atom stereocenters. The van der Waals surface area contributed by atoms with E-state index in [1.54, 1.807) is 0 Å². The second-order valence-corrected chi connectivity index (χ2v) is 6.93. The molecule has 8 heteroatoms. The molecule has 0 bridgehead atoms. The van der Waals surface area contributed by atoms with Gasteiger partial charge in [0.2, 0.25) is 7.01 Å². The first kappa shape index (κ1) is 10.3. The van der Waals surface area contributed by atoms with Crippen LogP contribution in [0, 0.1) is 4.91 Å². The van der Waals surface area contributed by atoms with E-state index in [4.69, 9.17) is 5.73 Å². The zero-order valence-corrected chi connectivity index (χ0v) is 9.11. The van der Waals surface area contributed by atoms with Crippen molar-refractivity contribution >= 4 is 39.7 Å². The second-order valence-electron chi connectivity index (χ2n) is 2.10. The van der Waals surface area contributed by atoms with Gasteiger partial charge >= 0.3 is 0 Å². The minimum absolute atomic E-state index is 0.0844. The van der Waals surface area contributed by atoms with Crippen LogP contribution in [0.5, 0.6) is 0 Å². The third kappa shape index (κ3) is 2.34. The zero-order chi connectivity index (χ0) is 10.1. The topological polar surface area (TPSA) is 102 Å². The Labute approximate surface area is 86.0 Å².